The Morgan fingerprint density at radius 3 is 1.41 bits per heavy atom. The first-order valence-corrected chi connectivity index (χ1v) is 26.1. The molecule has 0 bridgehead atoms. The van der Waals surface area contributed by atoms with E-state index in [0.717, 1.165) is 70.6 Å². The Kier molecular flexibility index (Phi) is 41.0. The second-order valence-corrected chi connectivity index (χ2v) is 18.0. The maximum absolute atomic E-state index is 12.8. The Bertz CT molecular complexity index is 1120. The van der Waals surface area contributed by atoms with E-state index in [9.17, 15) is 30.0 Å². The fourth-order valence-corrected chi connectivity index (χ4v) is 7.97. The van der Waals surface area contributed by atoms with Crippen LogP contribution in [0.15, 0.2) is 36.5 Å². The molecule has 1 fully saturated rings. The van der Waals surface area contributed by atoms with Gasteiger partial charge < -0.3 is 39.4 Å². The van der Waals surface area contributed by atoms with Crippen molar-refractivity contribution in [3.63, 3.8) is 0 Å². The highest BCUT2D eigenvalue weighted by Gasteiger charge is 2.44. The number of aliphatic hydroxyl groups is 4. The molecular formula is C53H96O10. The Balaban J connectivity index is 2.23. The second kappa shape index (κ2) is 43.8. The molecular weight excluding hydrogens is 797 g/mol. The van der Waals surface area contributed by atoms with Crippen molar-refractivity contribution in [1.29, 1.82) is 0 Å². The van der Waals surface area contributed by atoms with E-state index in [2.05, 4.69) is 50.3 Å². The molecule has 4 N–H and O–H groups in total. The van der Waals surface area contributed by atoms with Crippen molar-refractivity contribution >= 4 is 11.9 Å². The maximum atomic E-state index is 12.8. The molecule has 63 heavy (non-hydrogen) atoms. The number of hydrogen-bond acceptors (Lipinski definition) is 10. The molecule has 1 aliphatic rings. The highest BCUT2D eigenvalue weighted by Crippen LogP contribution is 2.23. The summed E-state index contributed by atoms with van der Waals surface area (Å²) in [5.41, 5.74) is 0. The summed E-state index contributed by atoms with van der Waals surface area (Å²) < 4.78 is 22.2. The third-order valence-electron chi connectivity index (χ3n) is 12.0. The summed E-state index contributed by atoms with van der Waals surface area (Å²) in [6.45, 7) is 3.33. The average molecular weight is 893 g/mol. The molecule has 10 nitrogen and oxygen atoms in total. The SMILES string of the molecule is CC/C=C/C/C=C/C/C=C/CCCCCCCC(=O)OC[C@H](CO[C@@H]1O[C@H](CO)[C@H](O)C(O)C1O)OC(=O)CCCCCCCCCCCCCCCCCCCCCCCCC. The molecule has 1 rings (SSSR count). The monoisotopic (exact) mass is 893 g/mol. The van der Waals surface area contributed by atoms with Gasteiger partial charge in [0.2, 0.25) is 0 Å². The highest BCUT2D eigenvalue weighted by molar-refractivity contribution is 5.70. The number of carbonyl (C=O) groups is 2. The largest absolute Gasteiger partial charge is 0.462 e. The molecule has 0 spiro atoms. The summed E-state index contributed by atoms with van der Waals surface area (Å²) in [5, 5.41) is 40.2. The zero-order valence-electron chi connectivity index (χ0n) is 40.3. The number of hydrogen-bond donors (Lipinski definition) is 4. The van der Waals surface area contributed by atoms with Gasteiger partial charge in [-0.15, -0.1) is 0 Å². The van der Waals surface area contributed by atoms with Gasteiger partial charge in [0.05, 0.1) is 13.2 Å². The van der Waals surface area contributed by atoms with Crippen LogP contribution in [-0.2, 0) is 28.5 Å². The Labute approximate surface area is 385 Å². The van der Waals surface area contributed by atoms with E-state index < -0.39 is 49.4 Å². The summed E-state index contributed by atoms with van der Waals surface area (Å²) in [6.07, 6.45) is 44.5. The molecule has 0 aromatic heterocycles. The van der Waals surface area contributed by atoms with Gasteiger partial charge in [-0.25, -0.2) is 0 Å². The van der Waals surface area contributed by atoms with Crippen molar-refractivity contribution < 1.29 is 49.0 Å². The zero-order chi connectivity index (χ0) is 45.9. The van der Waals surface area contributed by atoms with Crippen LogP contribution < -0.4 is 0 Å². The fourth-order valence-electron chi connectivity index (χ4n) is 7.97. The summed E-state index contributed by atoms with van der Waals surface area (Å²) in [4.78, 5) is 25.4. The lowest BCUT2D eigenvalue weighted by atomic mass is 9.99. The number of unbranched alkanes of at least 4 members (excludes halogenated alkanes) is 27. The number of esters is 2. The second-order valence-electron chi connectivity index (χ2n) is 18.0. The summed E-state index contributed by atoms with van der Waals surface area (Å²) in [5.74, 6) is -0.817. The molecule has 10 heteroatoms. The van der Waals surface area contributed by atoms with E-state index in [4.69, 9.17) is 18.9 Å². The molecule has 0 aromatic rings. The first kappa shape index (κ1) is 58.9. The van der Waals surface area contributed by atoms with Crippen molar-refractivity contribution in [2.24, 2.45) is 0 Å². The van der Waals surface area contributed by atoms with Crippen LogP contribution in [-0.4, -0.2) is 89.0 Å². The average Bonchev–Trinajstić information content (AvgIpc) is 3.28. The molecule has 1 saturated heterocycles. The van der Waals surface area contributed by atoms with Crippen LogP contribution >= 0.6 is 0 Å². The van der Waals surface area contributed by atoms with Crippen molar-refractivity contribution in [2.75, 3.05) is 19.8 Å². The predicted octanol–water partition coefficient (Wildman–Crippen LogP) is 12.2. The van der Waals surface area contributed by atoms with E-state index in [1.165, 1.54) is 122 Å². The molecule has 0 radical (unpaired) electrons. The minimum absolute atomic E-state index is 0.224. The highest BCUT2D eigenvalue weighted by atomic mass is 16.7. The van der Waals surface area contributed by atoms with Crippen molar-refractivity contribution in [2.45, 2.75) is 269 Å². The number of ether oxygens (including phenoxy) is 4. The lowest BCUT2D eigenvalue weighted by molar-refractivity contribution is -0.305. The van der Waals surface area contributed by atoms with E-state index in [1.807, 2.05) is 0 Å². The molecule has 0 saturated carbocycles. The van der Waals surface area contributed by atoms with Gasteiger partial charge in [-0.05, 0) is 44.9 Å². The van der Waals surface area contributed by atoms with Gasteiger partial charge in [0.25, 0.3) is 0 Å². The standard InChI is InChI=1S/C53H96O10/c1-3-5-7-9-11-13-15-17-19-20-21-22-23-24-25-26-28-30-32-34-36-38-40-42-49(56)62-46(45-61-53-52(59)51(58)50(57)47(43-54)63-53)44-60-48(55)41-39-37-35-33-31-29-27-18-16-14-12-10-8-6-4-2/h6,8,12,14,18,27,46-47,50-54,57-59H,3-5,7,9-11,13,15-17,19-26,28-45H2,1-2H3/b8-6+,14-12+,27-18+/t46-,47-,50+,51?,52?,53-/m1/s1. The van der Waals surface area contributed by atoms with Crippen LogP contribution in [0.25, 0.3) is 0 Å². The molecule has 2 unspecified atom stereocenters. The van der Waals surface area contributed by atoms with Crippen molar-refractivity contribution in [1.82, 2.24) is 0 Å². The Morgan fingerprint density at radius 1 is 0.508 bits per heavy atom. The minimum atomic E-state index is -1.60. The van der Waals surface area contributed by atoms with Crippen LogP contribution in [0.2, 0.25) is 0 Å². The van der Waals surface area contributed by atoms with Gasteiger partial charge in [-0.2, -0.15) is 0 Å². The third kappa shape index (κ3) is 34.9. The van der Waals surface area contributed by atoms with Crippen LogP contribution in [0.1, 0.15) is 232 Å². The minimum Gasteiger partial charge on any atom is -0.462 e. The lowest BCUT2D eigenvalue weighted by Gasteiger charge is -2.39. The molecule has 6 atom stereocenters. The predicted molar refractivity (Wildman–Crippen MR) is 256 cm³/mol. The molecule has 368 valence electrons. The molecule has 0 aliphatic carbocycles. The number of carbonyl (C=O) groups excluding carboxylic acids is 2. The number of rotatable bonds is 44. The van der Waals surface area contributed by atoms with Crippen LogP contribution in [0.5, 0.6) is 0 Å². The molecule has 0 amide bonds. The van der Waals surface area contributed by atoms with E-state index in [1.54, 1.807) is 0 Å². The third-order valence-corrected chi connectivity index (χ3v) is 12.0. The van der Waals surface area contributed by atoms with Gasteiger partial charge in [0.1, 0.15) is 31.0 Å². The smallest absolute Gasteiger partial charge is 0.306 e. The molecule has 0 aromatic carbocycles. The van der Waals surface area contributed by atoms with Gasteiger partial charge in [-0.3, -0.25) is 9.59 Å². The number of allylic oxidation sites excluding steroid dienone is 6. The first-order valence-electron chi connectivity index (χ1n) is 26.1. The van der Waals surface area contributed by atoms with Crippen LogP contribution in [0.4, 0.5) is 0 Å². The summed E-state index contributed by atoms with van der Waals surface area (Å²) in [6, 6.07) is 0. The fraction of sp³-hybridized carbons (Fsp3) is 0.849. The Morgan fingerprint density at radius 2 is 0.937 bits per heavy atom. The van der Waals surface area contributed by atoms with E-state index >= 15 is 0 Å². The van der Waals surface area contributed by atoms with Crippen molar-refractivity contribution in [3.8, 4) is 0 Å². The number of aliphatic hydroxyl groups excluding tert-OH is 4. The summed E-state index contributed by atoms with van der Waals surface area (Å²) in [7, 11) is 0. The maximum Gasteiger partial charge on any atom is 0.306 e. The van der Waals surface area contributed by atoms with E-state index in [0.29, 0.717) is 12.8 Å². The van der Waals surface area contributed by atoms with Crippen molar-refractivity contribution in [3.05, 3.63) is 36.5 Å². The van der Waals surface area contributed by atoms with E-state index in [-0.39, 0.29) is 32.0 Å². The quantitative estimate of drug-likeness (QED) is 0.0264. The van der Waals surface area contributed by atoms with Gasteiger partial charge in [0, 0.05) is 12.8 Å². The topological polar surface area (TPSA) is 152 Å². The van der Waals surface area contributed by atoms with Gasteiger partial charge >= 0.3 is 11.9 Å². The van der Waals surface area contributed by atoms with Crippen LogP contribution in [0.3, 0.4) is 0 Å². The van der Waals surface area contributed by atoms with Crippen LogP contribution in [0, 0.1) is 0 Å². The Hall–Kier alpha value is -2.08. The molecule has 1 heterocycles. The van der Waals surface area contributed by atoms with Gasteiger partial charge in [0.15, 0.2) is 12.4 Å². The molecule has 1 aliphatic heterocycles. The van der Waals surface area contributed by atoms with Gasteiger partial charge in [-0.1, -0.05) is 211 Å². The normalized spacial score (nSPS) is 19.7. The zero-order valence-corrected chi connectivity index (χ0v) is 40.3. The first-order chi connectivity index (χ1) is 30.8. The summed E-state index contributed by atoms with van der Waals surface area (Å²) >= 11 is 0. The lowest BCUT2D eigenvalue weighted by Crippen LogP contribution is -2.59.